The second-order valence-electron chi connectivity index (χ2n) is 33.9. The molecule has 4 atom stereocenters. The largest absolute Gasteiger partial charge is 0.486 e. The normalized spacial score (nSPS) is 15.8. The van der Waals surface area contributed by atoms with Crippen LogP contribution in [-0.4, -0.2) is 136 Å². The fourth-order valence-electron chi connectivity index (χ4n) is 17.3. The van der Waals surface area contributed by atoms with Crippen LogP contribution in [0, 0.1) is 50.1 Å². The summed E-state index contributed by atoms with van der Waals surface area (Å²) < 4.78 is 104. The Balaban J connectivity index is 0.000000181. The molecule has 0 saturated carbocycles. The van der Waals surface area contributed by atoms with Crippen LogP contribution in [0.5, 0.6) is 23.0 Å². The number of fused-ring (bicyclic) bond motifs is 1. The van der Waals surface area contributed by atoms with E-state index in [0.29, 0.717) is 48.5 Å². The van der Waals surface area contributed by atoms with Crippen LogP contribution in [0.4, 0.5) is 37.7 Å². The topological polar surface area (TPSA) is 85.8 Å². The van der Waals surface area contributed by atoms with E-state index in [9.17, 15) is 31.1 Å². The van der Waals surface area contributed by atoms with Crippen molar-refractivity contribution in [2.24, 2.45) is 16.8 Å². The third-order valence-electron chi connectivity index (χ3n) is 24.8. The summed E-state index contributed by atoms with van der Waals surface area (Å²) in [6.07, 6.45) is 3.02. The van der Waals surface area contributed by atoms with Crippen LogP contribution < -0.4 is 28.7 Å². The Morgan fingerprint density at radius 1 is 0.371 bits per heavy atom. The number of hydrogen-bond acceptors (Lipinski definition) is 12. The summed E-state index contributed by atoms with van der Waals surface area (Å²) in [6.45, 7) is 21.4. The fourth-order valence-corrected chi connectivity index (χ4v) is 17.5. The summed E-state index contributed by atoms with van der Waals surface area (Å²) in [7, 11) is 0. The zero-order chi connectivity index (χ0) is 89.0. The van der Waals surface area contributed by atoms with Gasteiger partial charge in [0.05, 0.1) is 12.1 Å². The lowest BCUT2D eigenvalue weighted by Gasteiger charge is -2.37. The minimum absolute atomic E-state index is 0. The number of piperidine rings is 2. The van der Waals surface area contributed by atoms with Gasteiger partial charge in [-0.15, -0.1) is 49.6 Å². The highest BCUT2D eigenvalue weighted by Gasteiger charge is 2.34. The monoisotopic (exact) mass is 1900 g/mol. The van der Waals surface area contributed by atoms with E-state index in [2.05, 4.69) is 154 Å². The second kappa shape index (κ2) is 52.3. The lowest BCUT2D eigenvalue weighted by atomic mass is 9.87. The van der Waals surface area contributed by atoms with Gasteiger partial charge in [0.25, 0.3) is 0 Å². The molecule has 4 fully saturated rings. The summed E-state index contributed by atoms with van der Waals surface area (Å²) in [5, 5.41) is 0.776. The van der Waals surface area contributed by atoms with Gasteiger partial charge in [-0.2, -0.15) is 13.2 Å². The van der Waals surface area contributed by atoms with Crippen molar-refractivity contribution in [3.8, 4) is 23.0 Å². The number of benzene rings is 12. The third kappa shape index (κ3) is 31.4. The first-order chi connectivity index (χ1) is 62.3. The van der Waals surface area contributed by atoms with E-state index >= 15 is 0 Å². The van der Waals surface area contributed by atoms with E-state index in [-0.39, 0.29) is 97.4 Å². The Morgan fingerprint density at radius 2 is 0.705 bits per heavy atom. The van der Waals surface area contributed by atoms with Crippen LogP contribution in [0.3, 0.4) is 0 Å². The highest BCUT2D eigenvalue weighted by molar-refractivity contribution is 6.30. The lowest BCUT2D eigenvalue weighted by Crippen LogP contribution is -2.47. The number of piperazine rings is 2. The predicted molar refractivity (Wildman–Crippen MR) is 533 cm³/mol. The number of likely N-dealkylation sites (tertiary alicyclic amines) is 2. The zero-order valence-corrected chi connectivity index (χ0v) is 79.1. The average molecular weight is 1900 g/mol. The quantitative estimate of drug-likeness (QED) is 0.0332. The molecular weight excluding hydrogens is 1780 g/mol. The van der Waals surface area contributed by atoms with E-state index < -0.39 is 11.7 Å². The van der Waals surface area contributed by atoms with Gasteiger partial charge in [-0.3, -0.25) is 19.6 Å². The predicted octanol–water partition coefficient (Wildman–Crippen LogP) is 26.4. The summed E-state index contributed by atoms with van der Waals surface area (Å²) in [4.78, 5) is 31.8. The molecule has 0 amide bonds. The molecule has 4 unspecified atom stereocenters. The maximum atomic E-state index is 13.5. The van der Waals surface area contributed by atoms with Crippen molar-refractivity contribution in [3.05, 3.63) is 393 Å². The number of ketones is 1. The SMILES string of the molecule is Cc1ccc(OC(CCN2CCC(C(=O)c3ccc(C)cc3)CC2)c2ccccc2)cc1.Cc1ccc(OC(CCN2CCC(C3=NCc4cc(F)ccc43)CC2)c2ccccc2)cc1.Cl.Cl.Cl.Cl.Fc1ccc(OC(CCN2CCN(c3cccc(C(F)(F)F)c3)CC2)c2ccccc2)cc1.Fc1ccc(OC(CCN2CCN(c3cccc(Cl)c3)CC2)c2ccccc2)cc1. The summed E-state index contributed by atoms with van der Waals surface area (Å²) in [6, 6.07) is 96.7. The molecule has 5 heterocycles. The van der Waals surface area contributed by atoms with Gasteiger partial charge in [0.1, 0.15) is 64.9 Å². The van der Waals surface area contributed by atoms with Gasteiger partial charge >= 0.3 is 6.18 Å². The number of alkyl halides is 3. The Bertz CT molecular complexity index is 5410. The first-order valence-corrected chi connectivity index (χ1v) is 45.4. The number of nitrogens with zero attached hydrogens (tertiary/aromatic N) is 7. The average Bonchev–Trinajstić information content (AvgIpc) is 1.66. The smallest absolute Gasteiger partial charge is 0.416 e. The van der Waals surface area contributed by atoms with E-state index in [4.69, 9.17) is 35.5 Å². The van der Waals surface area contributed by atoms with Crippen molar-refractivity contribution < 1.29 is 50.1 Å². The van der Waals surface area contributed by atoms with Crippen LogP contribution >= 0.6 is 61.2 Å². The number of aliphatic imine (C=N–C) groups is 1. The molecule has 698 valence electrons. The standard InChI is InChI=1S/C29H31FN2O.C29H33NO2.C26H26F4N2O.C25H26ClFN2O.4ClH/c1-21-7-10-26(11-8-21)33-28(22-5-3-2-4-6-22)15-18-32-16-13-23(14-17-32)29-27-12-9-25(30)19-24(27)20-31-29;1-22-8-12-25(13-9-22)29(31)26-16-19-30(20-17-26)21-18-28(24-6-4-3-5-7-24)32-27-14-10-23(2)11-15-27;27-22-9-11-24(12-10-22)33-25(20-5-2-1-3-6-20)13-14-31-15-17-32(18-16-31)23-8-4-7-21(19-23)26(28,29)30;26-21-7-4-8-23(19-21)29-17-15-28(16-18-29)14-13-25(20-5-2-1-3-6-20)30-24-11-9-22(27)10-12-24;;;;/h2-12,19,23,28H,13-18,20H2,1H3;3-15,26,28H,16-21H2,1-2H3;1-12,19,25H,13-18H2;1-12,19,25H,13-18H2;4*1H. The number of carbonyl (C=O) groups excluding carboxylic acids is 1. The molecule has 0 spiro atoms. The molecule has 12 aromatic rings. The summed E-state index contributed by atoms with van der Waals surface area (Å²) in [5.74, 6) is 3.32. The van der Waals surface area contributed by atoms with Gasteiger partial charge in [0.15, 0.2) is 5.78 Å². The molecule has 132 heavy (non-hydrogen) atoms. The zero-order valence-electron chi connectivity index (χ0n) is 75.0. The van der Waals surface area contributed by atoms with Crippen molar-refractivity contribution in [2.75, 3.05) is 115 Å². The Kier molecular flexibility index (Phi) is 41.1. The first kappa shape index (κ1) is 104. The molecule has 23 heteroatoms. The number of halogens is 11. The molecule has 12 aromatic carbocycles. The van der Waals surface area contributed by atoms with Gasteiger partial charge in [-0.05, 0) is 228 Å². The summed E-state index contributed by atoms with van der Waals surface area (Å²) in [5.41, 5.74) is 13.7. The van der Waals surface area contributed by atoms with Crippen LogP contribution in [0.15, 0.2) is 314 Å². The van der Waals surface area contributed by atoms with E-state index in [1.54, 1.807) is 42.5 Å². The Morgan fingerprint density at radius 3 is 1.08 bits per heavy atom. The van der Waals surface area contributed by atoms with Gasteiger partial charge in [0, 0.05) is 149 Å². The van der Waals surface area contributed by atoms with Gasteiger partial charge in [-0.25, -0.2) is 13.2 Å². The number of carbonyl (C=O) groups is 1. The minimum atomic E-state index is -4.34. The second-order valence-corrected chi connectivity index (χ2v) is 34.3. The Labute approximate surface area is 805 Å². The van der Waals surface area contributed by atoms with Crippen molar-refractivity contribution in [1.29, 1.82) is 0 Å². The van der Waals surface area contributed by atoms with Gasteiger partial charge in [0.2, 0.25) is 0 Å². The molecule has 0 aromatic heterocycles. The molecule has 0 N–H and O–H groups in total. The number of anilines is 2. The van der Waals surface area contributed by atoms with Crippen molar-refractivity contribution in [1.82, 2.24) is 19.6 Å². The van der Waals surface area contributed by atoms with E-state index in [1.807, 2.05) is 120 Å². The molecule has 12 nitrogen and oxygen atoms in total. The maximum absolute atomic E-state index is 13.5. The van der Waals surface area contributed by atoms with Gasteiger partial charge < -0.3 is 38.5 Å². The molecule has 0 radical (unpaired) electrons. The van der Waals surface area contributed by atoms with Crippen molar-refractivity contribution in [2.45, 2.75) is 109 Å². The highest BCUT2D eigenvalue weighted by Crippen LogP contribution is 2.37. The van der Waals surface area contributed by atoms with Gasteiger partial charge in [-0.1, -0.05) is 210 Å². The van der Waals surface area contributed by atoms with Crippen molar-refractivity contribution in [3.63, 3.8) is 0 Å². The highest BCUT2D eigenvalue weighted by atomic mass is 35.5. The third-order valence-corrected chi connectivity index (χ3v) is 25.0. The number of rotatable bonds is 29. The number of Topliss-reactive ketones (excluding diaryl/α,β-unsaturated/α-hetero) is 1. The summed E-state index contributed by atoms with van der Waals surface area (Å²) >= 11 is 6.14. The minimum Gasteiger partial charge on any atom is -0.486 e. The van der Waals surface area contributed by atoms with Crippen molar-refractivity contribution >= 4 is 84.1 Å². The molecule has 5 aliphatic heterocycles. The van der Waals surface area contributed by atoms with E-state index in [1.165, 1.54) is 75.6 Å². The lowest BCUT2D eigenvalue weighted by molar-refractivity contribution is -0.137. The Hall–Kier alpha value is -10.4. The number of hydrogen-bond donors (Lipinski definition) is 0. The number of ether oxygens (including phenoxy) is 4. The molecule has 17 rings (SSSR count). The molecule has 5 aliphatic rings. The van der Waals surface area contributed by atoms with Crippen LogP contribution in [-0.2, 0) is 12.7 Å². The molecule has 0 bridgehead atoms. The molecule has 0 aliphatic carbocycles. The molecular formula is C109H120Cl5F6N7O5. The van der Waals surface area contributed by atoms with Crippen LogP contribution in [0.25, 0.3) is 0 Å². The molecule has 4 saturated heterocycles. The first-order valence-electron chi connectivity index (χ1n) is 45.1. The van der Waals surface area contributed by atoms with Crippen LogP contribution in [0.2, 0.25) is 5.02 Å². The maximum Gasteiger partial charge on any atom is 0.416 e. The fraction of sp³-hybridized carbons (Fsp3) is 0.321. The van der Waals surface area contributed by atoms with E-state index in [0.717, 1.165) is 193 Å². The van der Waals surface area contributed by atoms with Crippen LogP contribution in [0.1, 0.15) is 142 Å². The number of aryl methyl sites for hydroxylation is 3.